The largest absolute Gasteiger partial charge is 0.208 e. The minimum absolute atomic E-state index is 0.0545. The van der Waals surface area contributed by atoms with E-state index < -0.39 is 0 Å². The molecule has 0 saturated heterocycles. The standard InChI is InChI=1S/3C34H25N3/c1-34(2)29-19-10-9-16-25(29)27-21-20-24-26(30(27)34)17-11-18-28(24)33-36-31(22-12-5-3-6-13-22)35-32(37-33)23-14-7-4-8-15-23;1-34(2)29-16-10-9-15-27(29)28-20-17-24-21-25(18-19-26(24)30(28)34)33-36-31(22-11-5-3-6-12-22)35-32(37-33)23-13-7-4-8-14-23;1-34(2)29-16-10-9-15-26(29)27-20-19-22-17-18-25(21-28(22)30(27)34)33-36-31(23-11-5-3-6-12-23)35-32(37-33)24-13-7-4-8-14-24/h3*3-21H,1-2H3. The second kappa shape index (κ2) is 27.4. The lowest BCUT2D eigenvalue weighted by molar-refractivity contribution is 0.666. The number of hydrogen-bond acceptors (Lipinski definition) is 9. The summed E-state index contributed by atoms with van der Waals surface area (Å²) in [6.45, 7) is 14.0. The summed E-state index contributed by atoms with van der Waals surface area (Å²) in [5.41, 5.74) is 24.8. The zero-order valence-electron chi connectivity index (χ0n) is 62.4. The summed E-state index contributed by atoms with van der Waals surface area (Å²) in [7, 11) is 0. The predicted octanol–water partition coefficient (Wildman–Crippen LogP) is 25.0. The quantitative estimate of drug-likeness (QED) is 0.139. The van der Waals surface area contributed by atoms with Crippen molar-refractivity contribution < 1.29 is 0 Å². The Morgan fingerprint density at radius 2 is 0.432 bits per heavy atom. The Morgan fingerprint density at radius 1 is 0.162 bits per heavy atom. The van der Waals surface area contributed by atoms with Crippen molar-refractivity contribution in [2.75, 3.05) is 0 Å². The molecule has 0 unspecified atom stereocenters. The van der Waals surface area contributed by atoms with Crippen LogP contribution in [0, 0.1) is 0 Å². The molecule has 3 aliphatic rings. The molecular weight excluding hydrogens is 1350 g/mol. The number of fused-ring (bicyclic) bond motifs is 15. The highest BCUT2D eigenvalue weighted by molar-refractivity contribution is 6.04. The third kappa shape index (κ3) is 12.0. The second-order valence-electron chi connectivity index (χ2n) is 30.4. The van der Waals surface area contributed by atoms with Crippen LogP contribution in [0.25, 0.3) is 168 Å². The maximum absolute atomic E-state index is 5.00. The van der Waals surface area contributed by atoms with Gasteiger partial charge in [-0.25, -0.2) is 44.9 Å². The van der Waals surface area contributed by atoms with E-state index >= 15 is 0 Å². The zero-order valence-corrected chi connectivity index (χ0v) is 62.4. The van der Waals surface area contributed by atoms with E-state index in [-0.39, 0.29) is 16.2 Å². The molecule has 18 aromatic rings. The minimum Gasteiger partial charge on any atom is -0.208 e. The maximum atomic E-state index is 5.00. The Morgan fingerprint density at radius 3 is 0.820 bits per heavy atom. The van der Waals surface area contributed by atoms with Gasteiger partial charge >= 0.3 is 0 Å². The average Bonchev–Trinajstić information content (AvgIpc) is 1.57. The zero-order chi connectivity index (χ0) is 75.0. The molecule has 21 rings (SSSR count). The smallest absolute Gasteiger partial charge is 0.164 e. The van der Waals surface area contributed by atoms with E-state index in [1.165, 1.54) is 93.7 Å². The number of aromatic nitrogens is 9. The van der Waals surface area contributed by atoms with Gasteiger partial charge in [-0.2, -0.15) is 0 Å². The fourth-order valence-corrected chi connectivity index (χ4v) is 17.2. The van der Waals surface area contributed by atoms with Gasteiger partial charge in [0.1, 0.15) is 0 Å². The molecule has 0 N–H and O–H groups in total. The molecule has 0 atom stereocenters. The van der Waals surface area contributed by atoms with Gasteiger partial charge in [0, 0.05) is 66.3 Å². The van der Waals surface area contributed by atoms with Crippen LogP contribution >= 0.6 is 0 Å². The molecule has 3 aliphatic carbocycles. The fourth-order valence-electron chi connectivity index (χ4n) is 17.2. The minimum atomic E-state index is -0.0897. The number of nitrogens with zero attached hydrogens (tertiary/aromatic N) is 9. The van der Waals surface area contributed by atoms with Gasteiger partial charge in [0.05, 0.1) is 0 Å². The van der Waals surface area contributed by atoms with Crippen LogP contribution in [0.5, 0.6) is 0 Å². The summed E-state index contributed by atoms with van der Waals surface area (Å²) in [6.07, 6.45) is 0. The van der Waals surface area contributed by atoms with Crippen LogP contribution in [0.3, 0.4) is 0 Å². The molecule has 0 bridgehead atoms. The lowest BCUT2D eigenvalue weighted by Crippen LogP contribution is -2.15. The number of benzene rings is 15. The Hall–Kier alpha value is -13.9. The molecule has 0 spiro atoms. The van der Waals surface area contributed by atoms with Gasteiger partial charge in [-0.05, 0) is 111 Å². The predicted molar refractivity (Wildman–Crippen MR) is 454 cm³/mol. The SMILES string of the molecule is CC1(C)c2ccccc2-c2ccc3c(-c4nc(-c5ccccc5)nc(-c5ccccc5)n4)cccc3c21.CC1(C)c2ccccc2-c2ccc3cc(-c4nc(-c5ccccc5)nc(-c5ccccc5)n4)ccc3c21.CC1(C)c2ccccc2-c2ccc3ccc(-c4nc(-c5ccccc5)nc(-c5ccccc5)n4)cc3c21. The van der Waals surface area contributed by atoms with Crippen molar-refractivity contribution in [3.05, 3.63) is 379 Å². The van der Waals surface area contributed by atoms with Gasteiger partial charge in [0.15, 0.2) is 52.4 Å². The van der Waals surface area contributed by atoms with Gasteiger partial charge in [-0.1, -0.05) is 375 Å². The van der Waals surface area contributed by atoms with Crippen LogP contribution in [0.1, 0.15) is 74.9 Å². The second-order valence-corrected chi connectivity index (χ2v) is 30.4. The van der Waals surface area contributed by atoms with Crippen molar-refractivity contribution in [1.82, 2.24) is 44.9 Å². The van der Waals surface area contributed by atoms with Crippen LogP contribution < -0.4 is 0 Å². The Kier molecular flexibility index (Phi) is 16.7. The molecule has 15 aromatic carbocycles. The summed E-state index contributed by atoms with van der Waals surface area (Å²) < 4.78 is 0. The van der Waals surface area contributed by atoms with Gasteiger partial charge in [-0.15, -0.1) is 0 Å². The van der Waals surface area contributed by atoms with Crippen molar-refractivity contribution in [3.63, 3.8) is 0 Å². The van der Waals surface area contributed by atoms with Crippen LogP contribution in [0.4, 0.5) is 0 Å². The lowest BCUT2D eigenvalue weighted by Gasteiger charge is -2.23. The van der Waals surface area contributed by atoms with Gasteiger partial charge in [-0.3, -0.25) is 0 Å². The molecular formula is C102H75N9. The van der Waals surface area contributed by atoms with E-state index in [2.05, 4.69) is 205 Å². The van der Waals surface area contributed by atoms with E-state index in [9.17, 15) is 0 Å². The lowest BCUT2D eigenvalue weighted by atomic mass is 9.80. The third-order valence-corrected chi connectivity index (χ3v) is 22.5. The van der Waals surface area contributed by atoms with E-state index in [0.29, 0.717) is 52.4 Å². The molecule has 3 aromatic heterocycles. The monoisotopic (exact) mass is 1430 g/mol. The summed E-state index contributed by atoms with van der Waals surface area (Å²) in [5.74, 6) is 6.10. The highest BCUT2D eigenvalue weighted by Gasteiger charge is 2.40. The van der Waals surface area contributed by atoms with Crippen molar-refractivity contribution in [2.24, 2.45) is 0 Å². The van der Waals surface area contributed by atoms with Crippen molar-refractivity contribution >= 4 is 32.3 Å². The highest BCUT2D eigenvalue weighted by Crippen LogP contribution is 2.55. The topological polar surface area (TPSA) is 116 Å². The highest BCUT2D eigenvalue weighted by atomic mass is 15.1. The summed E-state index contributed by atoms with van der Waals surface area (Å²) in [6, 6.07) is 120. The molecule has 9 heteroatoms. The molecule has 0 aliphatic heterocycles. The van der Waals surface area contributed by atoms with Gasteiger partial charge in [0.25, 0.3) is 0 Å². The van der Waals surface area contributed by atoms with E-state index in [1.54, 1.807) is 0 Å². The normalized spacial score (nSPS) is 13.4. The van der Waals surface area contributed by atoms with Crippen molar-refractivity contribution in [3.8, 4) is 136 Å². The summed E-state index contributed by atoms with van der Waals surface area (Å²) >= 11 is 0. The van der Waals surface area contributed by atoms with Gasteiger partial charge < -0.3 is 0 Å². The molecule has 0 fully saturated rings. The fraction of sp³-hybridized carbons (Fsp3) is 0.0882. The first kappa shape index (κ1) is 67.7. The Bertz CT molecular complexity index is 6400. The maximum Gasteiger partial charge on any atom is 0.164 e. The number of rotatable bonds is 9. The van der Waals surface area contributed by atoms with Crippen LogP contribution in [-0.4, -0.2) is 44.9 Å². The Labute approximate surface area is 646 Å². The van der Waals surface area contributed by atoms with Crippen molar-refractivity contribution in [2.45, 2.75) is 57.8 Å². The van der Waals surface area contributed by atoms with E-state index in [0.717, 1.165) is 55.5 Å². The molecule has 0 amide bonds. The molecule has 3 heterocycles. The molecule has 528 valence electrons. The van der Waals surface area contributed by atoms with E-state index in [1.807, 2.05) is 182 Å². The van der Waals surface area contributed by atoms with Crippen molar-refractivity contribution in [1.29, 1.82) is 0 Å². The van der Waals surface area contributed by atoms with Crippen LogP contribution in [0.2, 0.25) is 0 Å². The van der Waals surface area contributed by atoms with Gasteiger partial charge in [0.2, 0.25) is 0 Å². The molecule has 9 nitrogen and oxygen atoms in total. The first-order valence-electron chi connectivity index (χ1n) is 37.9. The van der Waals surface area contributed by atoms with E-state index in [4.69, 9.17) is 44.9 Å². The van der Waals surface area contributed by atoms with Crippen LogP contribution in [0.15, 0.2) is 346 Å². The summed E-state index contributed by atoms with van der Waals surface area (Å²) in [4.78, 5) is 44.3. The number of hydrogen-bond donors (Lipinski definition) is 0. The Balaban J connectivity index is 0.000000112. The molecule has 0 saturated carbocycles. The average molecular weight is 1430 g/mol. The van der Waals surface area contributed by atoms with Crippen LogP contribution in [-0.2, 0) is 16.2 Å². The molecule has 111 heavy (non-hydrogen) atoms. The molecule has 0 radical (unpaired) electrons. The third-order valence-electron chi connectivity index (χ3n) is 22.5. The summed E-state index contributed by atoms with van der Waals surface area (Å²) in [5, 5.41) is 7.36. The first-order chi connectivity index (χ1) is 54.3. The first-order valence-corrected chi connectivity index (χ1v) is 37.9.